The zero-order valence-corrected chi connectivity index (χ0v) is 12.5. The van der Waals surface area contributed by atoms with Crippen LogP contribution in [0.25, 0.3) is 0 Å². The molecule has 0 saturated heterocycles. The van der Waals surface area contributed by atoms with Gasteiger partial charge in [-0.05, 0) is 49.1 Å². The Kier molecular flexibility index (Phi) is 4.31. The lowest BCUT2D eigenvalue weighted by Crippen LogP contribution is -2.31. The summed E-state index contributed by atoms with van der Waals surface area (Å²) in [7, 11) is 0. The number of carboxylic acid groups (broad SMARTS) is 1. The maximum absolute atomic E-state index is 11.5. The number of carboxylic acids is 1. The van der Waals surface area contributed by atoms with Gasteiger partial charge in [0.25, 0.3) is 0 Å². The zero-order valence-electron chi connectivity index (χ0n) is 12.5. The first-order valence-electron chi connectivity index (χ1n) is 7.35. The fourth-order valence-corrected chi connectivity index (χ4v) is 3.35. The molecule has 4 nitrogen and oxygen atoms in total. The summed E-state index contributed by atoms with van der Waals surface area (Å²) in [5, 5.41) is 9.49. The van der Waals surface area contributed by atoms with E-state index >= 15 is 0 Å². The van der Waals surface area contributed by atoms with Crippen molar-refractivity contribution < 1.29 is 9.90 Å². The van der Waals surface area contributed by atoms with Crippen LogP contribution < -0.4 is 5.73 Å². The number of hydrogen-bond donors (Lipinski definition) is 2. The minimum atomic E-state index is -0.710. The van der Waals surface area contributed by atoms with Crippen molar-refractivity contribution in [3.8, 4) is 0 Å². The fourth-order valence-electron chi connectivity index (χ4n) is 3.35. The van der Waals surface area contributed by atoms with Crippen LogP contribution in [0.2, 0.25) is 0 Å². The van der Waals surface area contributed by atoms with Crippen molar-refractivity contribution in [3.05, 3.63) is 23.4 Å². The zero-order chi connectivity index (χ0) is 14.9. The normalized spacial score (nSPS) is 26.7. The van der Waals surface area contributed by atoms with E-state index in [-0.39, 0.29) is 11.8 Å². The van der Waals surface area contributed by atoms with Crippen LogP contribution in [0.1, 0.15) is 50.2 Å². The number of hydrogen-bond acceptors (Lipinski definition) is 3. The van der Waals surface area contributed by atoms with Crippen molar-refractivity contribution in [1.82, 2.24) is 4.98 Å². The van der Waals surface area contributed by atoms with Crippen LogP contribution in [-0.2, 0) is 4.79 Å². The second-order valence-corrected chi connectivity index (χ2v) is 6.36. The standard InChI is InChI=1S/C16H24N2O2/c1-9(2)11-4-5-12(16(19)20)13(7-11)14-6-10(3)8-18-15(14)17/h6,8-9,11-13H,4-5,7H2,1-3H3,(H2,17,18)(H,19,20). The van der Waals surface area contributed by atoms with Gasteiger partial charge >= 0.3 is 5.97 Å². The lowest BCUT2D eigenvalue weighted by atomic mass is 9.68. The molecule has 4 heteroatoms. The summed E-state index contributed by atoms with van der Waals surface area (Å²) in [5.74, 6) is 0.563. The molecule has 0 spiro atoms. The van der Waals surface area contributed by atoms with Crippen LogP contribution >= 0.6 is 0 Å². The van der Waals surface area contributed by atoms with Gasteiger partial charge in [0.05, 0.1) is 5.92 Å². The van der Waals surface area contributed by atoms with E-state index in [0.29, 0.717) is 17.7 Å². The number of aliphatic carboxylic acids is 1. The number of aromatic nitrogens is 1. The third-order valence-electron chi connectivity index (χ3n) is 4.64. The second-order valence-electron chi connectivity index (χ2n) is 6.36. The van der Waals surface area contributed by atoms with Crippen molar-refractivity contribution in [2.45, 2.75) is 46.0 Å². The predicted molar refractivity (Wildman–Crippen MR) is 79.4 cm³/mol. The number of rotatable bonds is 3. The van der Waals surface area contributed by atoms with Crippen LogP contribution in [0, 0.1) is 24.7 Å². The Bertz CT molecular complexity index is 499. The molecule has 1 aromatic rings. The third-order valence-corrected chi connectivity index (χ3v) is 4.64. The molecule has 1 aliphatic carbocycles. The minimum Gasteiger partial charge on any atom is -0.481 e. The van der Waals surface area contributed by atoms with Gasteiger partial charge in [-0.15, -0.1) is 0 Å². The average molecular weight is 276 g/mol. The fraction of sp³-hybridized carbons (Fsp3) is 0.625. The van der Waals surface area contributed by atoms with E-state index in [1.807, 2.05) is 13.0 Å². The summed E-state index contributed by atoms with van der Waals surface area (Å²) in [6.07, 6.45) is 4.35. The number of carbonyl (C=O) groups is 1. The molecular formula is C16H24N2O2. The molecule has 3 unspecified atom stereocenters. The van der Waals surface area contributed by atoms with Gasteiger partial charge in [0.15, 0.2) is 0 Å². The Balaban J connectivity index is 2.36. The van der Waals surface area contributed by atoms with Crippen LogP contribution in [-0.4, -0.2) is 16.1 Å². The van der Waals surface area contributed by atoms with E-state index in [9.17, 15) is 9.90 Å². The van der Waals surface area contributed by atoms with Crippen molar-refractivity contribution in [2.75, 3.05) is 5.73 Å². The third kappa shape index (κ3) is 2.94. The Morgan fingerprint density at radius 2 is 2.15 bits per heavy atom. The Morgan fingerprint density at radius 1 is 1.45 bits per heavy atom. The molecule has 3 N–H and O–H groups in total. The van der Waals surface area contributed by atoms with Crippen LogP contribution in [0.4, 0.5) is 5.82 Å². The number of nitrogens with zero attached hydrogens (tertiary/aromatic N) is 1. The van der Waals surface area contributed by atoms with E-state index in [4.69, 9.17) is 5.73 Å². The van der Waals surface area contributed by atoms with Crippen LogP contribution in [0.5, 0.6) is 0 Å². The van der Waals surface area contributed by atoms with Gasteiger partial charge < -0.3 is 10.8 Å². The van der Waals surface area contributed by atoms with Crippen LogP contribution in [0.15, 0.2) is 12.3 Å². The van der Waals surface area contributed by atoms with E-state index in [1.165, 1.54) is 0 Å². The molecule has 3 atom stereocenters. The number of aryl methyl sites for hydroxylation is 1. The Hall–Kier alpha value is -1.58. The number of nitrogens with two attached hydrogens (primary N) is 1. The van der Waals surface area contributed by atoms with Gasteiger partial charge in [0.2, 0.25) is 0 Å². The Morgan fingerprint density at radius 3 is 2.75 bits per heavy atom. The highest BCUT2D eigenvalue weighted by Crippen LogP contribution is 2.44. The molecule has 1 aromatic heterocycles. The maximum atomic E-state index is 11.5. The quantitative estimate of drug-likeness (QED) is 0.888. The van der Waals surface area contributed by atoms with Crippen molar-refractivity contribution in [1.29, 1.82) is 0 Å². The van der Waals surface area contributed by atoms with E-state index < -0.39 is 5.97 Å². The second kappa shape index (κ2) is 5.81. The topological polar surface area (TPSA) is 76.2 Å². The number of pyridine rings is 1. The summed E-state index contributed by atoms with van der Waals surface area (Å²) >= 11 is 0. The molecule has 0 amide bonds. The molecule has 1 saturated carbocycles. The van der Waals surface area contributed by atoms with Crippen molar-refractivity contribution in [2.24, 2.45) is 17.8 Å². The van der Waals surface area contributed by atoms with Gasteiger partial charge in [-0.2, -0.15) is 0 Å². The smallest absolute Gasteiger partial charge is 0.307 e. The average Bonchev–Trinajstić information content (AvgIpc) is 2.40. The van der Waals surface area contributed by atoms with Gasteiger partial charge in [-0.3, -0.25) is 4.79 Å². The van der Waals surface area contributed by atoms with Crippen molar-refractivity contribution in [3.63, 3.8) is 0 Å². The summed E-state index contributed by atoms with van der Waals surface area (Å²) in [5.41, 5.74) is 7.95. The van der Waals surface area contributed by atoms with E-state index in [0.717, 1.165) is 30.4 Å². The van der Waals surface area contributed by atoms with Gasteiger partial charge in [-0.1, -0.05) is 19.9 Å². The SMILES string of the molecule is Cc1cnc(N)c(C2CC(C(C)C)CCC2C(=O)O)c1. The monoisotopic (exact) mass is 276 g/mol. The first-order chi connectivity index (χ1) is 9.40. The molecule has 1 aliphatic rings. The van der Waals surface area contributed by atoms with Crippen molar-refractivity contribution >= 4 is 11.8 Å². The highest BCUT2D eigenvalue weighted by molar-refractivity contribution is 5.72. The molecule has 20 heavy (non-hydrogen) atoms. The maximum Gasteiger partial charge on any atom is 0.307 e. The Labute approximate surface area is 120 Å². The molecule has 1 heterocycles. The number of anilines is 1. The first-order valence-corrected chi connectivity index (χ1v) is 7.35. The lowest BCUT2D eigenvalue weighted by Gasteiger charge is -2.36. The molecule has 0 bridgehead atoms. The minimum absolute atomic E-state index is 0.0129. The molecule has 0 radical (unpaired) electrons. The summed E-state index contributed by atoms with van der Waals surface area (Å²) < 4.78 is 0. The molecular weight excluding hydrogens is 252 g/mol. The molecule has 110 valence electrons. The van der Waals surface area contributed by atoms with E-state index in [1.54, 1.807) is 6.20 Å². The summed E-state index contributed by atoms with van der Waals surface area (Å²) in [4.78, 5) is 15.8. The molecule has 2 rings (SSSR count). The predicted octanol–water partition coefficient (Wildman–Crippen LogP) is 3.21. The molecule has 1 fully saturated rings. The van der Waals surface area contributed by atoms with Crippen LogP contribution in [0.3, 0.4) is 0 Å². The van der Waals surface area contributed by atoms with E-state index in [2.05, 4.69) is 18.8 Å². The van der Waals surface area contributed by atoms with Gasteiger partial charge in [0, 0.05) is 12.1 Å². The summed E-state index contributed by atoms with van der Waals surface area (Å²) in [6, 6.07) is 2.01. The first kappa shape index (κ1) is 14.8. The van der Waals surface area contributed by atoms with Gasteiger partial charge in [0.1, 0.15) is 5.82 Å². The molecule has 0 aliphatic heterocycles. The molecule has 0 aromatic carbocycles. The lowest BCUT2D eigenvalue weighted by molar-refractivity contribution is -0.144. The summed E-state index contributed by atoms with van der Waals surface area (Å²) in [6.45, 7) is 6.38. The number of nitrogen functional groups attached to an aromatic ring is 1. The van der Waals surface area contributed by atoms with Gasteiger partial charge in [-0.25, -0.2) is 4.98 Å². The highest BCUT2D eigenvalue weighted by Gasteiger charge is 2.37. The highest BCUT2D eigenvalue weighted by atomic mass is 16.4. The largest absolute Gasteiger partial charge is 0.481 e.